The van der Waals surface area contributed by atoms with Gasteiger partial charge in [-0.1, -0.05) is 24.3 Å². The van der Waals surface area contributed by atoms with Gasteiger partial charge < -0.3 is 19.1 Å². The number of likely N-dealkylation sites (tertiary alicyclic amines) is 1. The van der Waals surface area contributed by atoms with E-state index in [0.717, 1.165) is 31.6 Å². The van der Waals surface area contributed by atoms with Crippen LogP contribution in [0.5, 0.6) is 5.75 Å². The van der Waals surface area contributed by atoms with Gasteiger partial charge in [-0.25, -0.2) is 0 Å². The third-order valence-corrected chi connectivity index (χ3v) is 5.07. The van der Waals surface area contributed by atoms with Crippen LogP contribution in [0.25, 0.3) is 0 Å². The summed E-state index contributed by atoms with van der Waals surface area (Å²) >= 11 is 0. The van der Waals surface area contributed by atoms with Crippen molar-refractivity contribution in [2.75, 3.05) is 39.5 Å². The second-order valence-electron chi connectivity index (χ2n) is 6.83. The Morgan fingerprint density at radius 1 is 1.40 bits per heavy atom. The number of para-hydroxylation sites is 1. The fraction of sp³-hybridized carbons (Fsp3) is 0.550. The molecule has 0 N–H and O–H groups in total. The first kappa shape index (κ1) is 18.0. The van der Waals surface area contributed by atoms with Crippen LogP contribution < -0.4 is 4.74 Å². The summed E-state index contributed by atoms with van der Waals surface area (Å²) in [4.78, 5) is 14.5. The van der Waals surface area contributed by atoms with Crippen LogP contribution in [0.15, 0.2) is 43.0 Å². The van der Waals surface area contributed by atoms with Gasteiger partial charge in [-0.3, -0.25) is 4.79 Å². The average molecular weight is 345 g/mol. The molecule has 1 amide bonds. The van der Waals surface area contributed by atoms with Gasteiger partial charge >= 0.3 is 0 Å². The zero-order valence-electron chi connectivity index (χ0n) is 14.7. The van der Waals surface area contributed by atoms with Crippen LogP contribution in [0.3, 0.4) is 0 Å². The molecule has 0 saturated carbocycles. The van der Waals surface area contributed by atoms with Crippen LogP contribution >= 0.6 is 0 Å². The van der Waals surface area contributed by atoms with Gasteiger partial charge in [0.15, 0.2) is 6.61 Å². The van der Waals surface area contributed by atoms with Crippen LogP contribution in [-0.2, 0) is 14.3 Å². The summed E-state index contributed by atoms with van der Waals surface area (Å²) in [6, 6.07) is 9.45. The van der Waals surface area contributed by atoms with Crippen molar-refractivity contribution in [3.8, 4) is 5.75 Å². The summed E-state index contributed by atoms with van der Waals surface area (Å²) in [5.41, 5.74) is -0.109. The molecule has 3 rings (SSSR count). The molecule has 136 valence electrons. The highest BCUT2D eigenvalue weighted by Crippen LogP contribution is 2.40. The molecule has 0 bridgehead atoms. The monoisotopic (exact) mass is 345 g/mol. The Labute approximate surface area is 149 Å². The Kier molecular flexibility index (Phi) is 6.10. The summed E-state index contributed by atoms with van der Waals surface area (Å²) in [5, 5.41) is 0. The zero-order valence-corrected chi connectivity index (χ0v) is 14.7. The Balaban J connectivity index is 1.60. The van der Waals surface area contributed by atoms with Crippen molar-refractivity contribution < 1.29 is 19.0 Å². The minimum Gasteiger partial charge on any atom is -0.484 e. The molecular formula is C20H27NO4. The van der Waals surface area contributed by atoms with Gasteiger partial charge in [0, 0.05) is 25.1 Å². The van der Waals surface area contributed by atoms with Crippen LogP contribution in [-0.4, -0.2) is 56.4 Å². The molecule has 2 atom stereocenters. The lowest BCUT2D eigenvalue weighted by Gasteiger charge is -2.50. The number of ether oxygens (including phenoxy) is 3. The fourth-order valence-electron chi connectivity index (χ4n) is 3.81. The van der Waals surface area contributed by atoms with Gasteiger partial charge in [0.2, 0.25) is 0 Å². The van der Waals surface area contributed by atoms with E-state index < -0.39 is 0 Å². The van der Waals surface area contributed by atoms with Gasteiger partial charge in [-0.05, 0) is 31.4 Å². The van der Waals surface area contributed by atoms with Crippen molar-refractivity contribution >= 4 is 5.91 Å². The highest BCUT2D eigenvalue weighted by Gasteiger charge is 2.47. The normalized spacial score (nSPS) is 25.9. The molecule has 2 heterocycles. The molecule has 25 heavy (non-hydrogen) atoms. The van der Waals surface area contributed by atoms with E-state index in [-0.39, 0.29) is 24.0 Å². The van der Waals surface area contributed by atoms with E-state index >= 15 is 0 Å². The number of hydrogen-bond donors (Lipinski definition) is 0. The molecule has 2 fully saturated rings. The van der Waals surface area contributed by atoms with Gasteiger partial charge in [0.25, 0.3) is 5.91 Å². The number of piperidine rings is 1. The highest BCUT2D eigenvalue weighted by molar-refractivity contribution is 5.78. The van der Waals surface area contributed by atoms with Crippen LogP contribution in [0.4, 0.5) is 0 Å². The van der Waals surface area contributed by atoms with Crippen molar-refractivity contribution in [3.63, 3.8) is 0 Å². The minimum absolute atomic E-state index is 0.0240. The van der Waals surface area contributed by atoms with E-state index in [1.54, 1.807) is 6.08 Å². The number of carbonyl (C=O) groups excluding carboxylic acids is 1. The van der Waals surface area contributed by atoms with Crippen LogP contribution in [0, 0.1) is 5.41 Å². The quantitative estimate of drug-likeness (QED) is 0.563. The first-order valence-corrected chi connectivity index (χ1v) is 8.99. The third-order valence-electron chi connectivity index (χ3n) is 5.07. The van der Waals surface area contributed by atoms with Crippen molar-refractivity contribution in [2.45, 2.75) is 25.4 Å². The van der Waals surface area contributed by atoms with E-state index in [0.29, 0.717) is 26.3 Å². The molecule has 0 aliphatic carbocycles. The number of carbonyl (C=O) groups is 1. The topological polar surface area (TPSA) is 48.0 Å². The molecule has 5 nitrogen and oxygen atoms in total. The minimum atomic E-state index is -0.109. The zero-order chi connectivity index (χ0) is 17.5. The molecule has 1 aromatic rings. The molecular weight excluding hydrogens is 318 g/mol. The molecule has 5 heteroatoms. The first-order chi connectivity index (χ1) is 12.2. The fourth-order valence-corrected chi connectivity index (χ4v) is 3.81. The lowest BCUT2D eigenvalue weighted by atomic mass is 9.73. The van der Waals surface area contributed by atoms with Gasteiger partial charge in [0.1, 0.15) is 5.75 Å². The molecule has 2 saturated heterocycles. The molecule has 0 radical (unpaired) electrons. The molecule has 0 unspecified atom stereocenters. The lowest BCUT2D eigenvalue weighted by Crippen LogP contribution is -2.58. The summed E-state index contributed by atoms with van der Waals surface area (Å²) in [5.74, 6) is 0.742. The highest BCUT2D eigenvalue weighted by atomic mass is 16.5. The van der Waals surface area contributed by atoms with E-state index in [4.69, 9.17) is 14.2 Å². The number of amides is 1. The Morgan fingerprint density at radius 3 is 3.04 bits per heavy atom. The Morgan fingerprint density at radius 2 is 2.24 bits per heavy atom. The van der Waals surface area contributed by atoms with Crippen LogP contribution in [0.1, 0.15) is 19.3 Å². The number of nitrogens with zero attached hydrogens (tertiary/aromatic N) is 1. The smallest absolute Gasteiger partial charge is 0.260 e. The van der Waals surface area contributed by atoms with Crippen LogP contribution in [0.2, 0.25) is 0 Å². The average Bonchev–Trinajstić information content (AvgIpc) is 2.66. The molecule has 2 aliphatic heterocycles. The Hall–Kier alpha value is -1.85. The maximum Gasteiger partial charge on any atom is 0.260 e. The van der Waals surface area contributed by atoms with E-state index in [2.05, 4.69) is 6.58 Å². The standard InChI is InChI=1S/C20H27NO4/c1-2-12-23-16-20-10-6-13-24-18(20)9-11-21(15-20)19(22)14-25-17-7-4-3-5-8-17/h2-5,7-8,18H,1,6,9-16H2/t18-,20+/m0/s1. The SMILES string of the molecule is C=CCOC[C@]12CCCO[C@H]1CCN(C(=O)COc1ccccc1)C2. The second kappa shape index (κ2) is 8.50. The summed E-state index contributed by atoms with van der Waals surface area (Å²) in [7, 11) is 0. The van der Waals surface area contributed by atoms with E-state index in [9.17, 15) is 4.79 Å². The molecule has 0 aromatic heterocycles. The predicted molar refractivity (Wildman–Crippen MR) is 95.6 cm³/mol. The van der Waals surface area contributed by atoms with Crippen molar-refractivity contribution in [1.82, 2.24) is 4.90 Å². The maximum absolute atomic E-state index is 12.6. The van der Waals surface area contributed by atoms with E-state index in [1.807, 2.05) is 35.2 Å². The molecule has 2 aliphatic rings. The first-order valence-electron chi connectivity index (χ1n) is 8.99. The predicted octanol–water partition coefficient (Wildman–Crippen LogP) is 2.67. The number of rotatable bonds is 7. The Bertz CT molecular complexity index is 576. The maximum atomic E-state index is 12.6. The van der Waals surface area contributed by atoms with Crippen molar-refractivity contribution in [3.05, 3.63) is 43.0 Å². The van der Waals surface area contributed by atoms with Gasteiger partial charge in [-0.2, -0.15) is 0 Å². The summed E-state index contributed by atoms with van der Waals surface area (Å²) < 4.78 is 17.4. The number of benzene rings is 1. The van der Waals surface area contributed by atoms with Crippen molar-refractivity contribution in [2.24, 2.45) is 5.41 Å². The second-order valence-corrected chi connectivity index (χ2v) is 6.83. The molecule has 0 spiro atoms. The van der Waals surface area contributed by atoms with Gasteiger partial charge in [0.05, 0.1) is 19.3 Å². The third kappa shape index (κ3) is 4.41. The summed E-state index contributed by atoms with van der Waals surface area (Å²) in [6.07, 6.45) is 4.82. The number of hydrogen-bond acceptors (Lipinski definition) is 4. The summed E-state index contributed by atoms with van der Waals surface area (Å²) in [6.45, 7) is 7.09. The van der Waals surface area contributed by atoms with E-state index in [1.165, 1.54) is 0 Å². The lowest BCUT2D eigenvalue weighted by molar-refractivity contribution is -0.164. The largest absolute Gasteiger partial charge is 0.484 e. The van der Waals surface area contributed by atoms with Crippen molar-refractivity contribution in [1.29, 1.82) is 0 Å². The van der Waals surface area contributed by atoms with Gasteiger partial charge in [-0.15, -0.1) is 6.58 Å². The number of fused-ring (bicyclic) bond motifs is 1. The molecule has 1 aromatic carbocycles.